The number of hydrogen-bond donors (Lipinski definition) is 2. The molecule has 2 rings (SSSR count). The molecule has 1 aliphatic carbocycles. The van der Waals surface area contributed by atoms with E-state index in [1.807, 2.05) is 11.8 Å². The molecule has 2 fully saturated rings. The lowest BCUT2D eigenvalue weighted by atomic mass is 10.2. The second-order valence-corrected chi connectivity index (χ2v) is 5.87. The van der Waals surface area contributed by atoms with Crippen molar-refractivity contribution in [3.8, 4) is 0 Å². The largest absolute Gasteiger partial charge is 0.480 e. The van der Waals surface area contributed by atoms with Crippen LogP contribution in [0.5, 0.6) is 0 Å². The zero-order valence-electron chi connectivity index (χ0n) is 12.2. The Morgan fingerprint density at radius 2 is 1.80 bits per heavy atom. The molecule has 1 aliphatic heterocycles. The Morgan fingerprint density at radius 3 is 2.35 bits per heavy atom. The van der Waals surface area contributed by atoms with E-state index in [1.165, 1.54) is 12.8 Å². The van der Waals surface area contributed by atoms with E-state index in [0.29, 0.717) is 19.1 Å². The summed E-state index contributed by atoms with van der Waals surface area (Å²) >= 11 is 0. The van der Waals surface area contributed by atoms with Crippen molar-refractivity contribution in [2.24, 2.45) is 0 Å². The summed E-state index contributed by atoms with van der Waals surface area (Å²) in [4.78, 5) is 26.9. The Balaban J connectivity index is 1.74. The van der Waals surface area contributed by atoms with Gasteiger partial charge in [-0.05, 0) is 19.8 Å². The van der Waals surface area contributed by atoms with Gasteiger partial charge in [0.2, 0.25) is 5.91 Å². The normalized spacial score (nSPS) is 23.6. The summed E-state index contributed by atoms with van der Waals surface area (Å²) in [7, 11) is 0. The van der Waals surface area contributed by atoms with Crippen LogP contribution < -0.4 is 5.32 Å². The Morgan fingerprint density at radius 1 is 1.20 bits per heavy atom. The van der Waals surface area contributed by atoms with E-state index < -0.39 is 5.97 Å². The number of aliphatic carboxylic acids is 1. The van der Waals surface area contributed by atoms with E-state index in [0.717, 1.165) is 25.9 Å². The lowest BCUT2D eigenvalue weighted by Gasteiger charge is -2.37. The Bertz CT molecular complexity index is 348. The van der Waals surface area contributed by atoms with Gasteiger partial charge >= 0.3 is 5.97 Å². The summed E-state index contributed by atoms with van der Waals surface area (Å²) in [5.41, 5.74) is 0. The molecule has 1 heterocycles. The third kappa shape index (κ3) is 4.18. The topological polar surface area (TPSA) is 72.9 Å². The Hall–Kier alpha value is -1.14. The van der Waals surface area contributed by atoms with Gasteiger partial charge in [0.15, 0.2) is 0 Å². The first kappa shape index (κ1) is 15.3. The minimum atomic E-state index is -0.787. The highest BCUT2D eigenvalue weighted by Gasteiger charge is 2.27. The standard InChI is InChI=1S/C14H25N3O3/c1-11(14(20)15-12-4-2-3-5-12)17-8-6-16(7-9-17)10-13(18)19/h11-12H,2-10H2,1H3,(H,15,20)(H,18,19). The van der Waals surface area contributed by atoms with Crippen LogP contribution in [0.25, 0.3) is 0 Å². The molecule has 114 valence electrons. The van der Waals surface area contributed by atoms with Gasteiger partial charge in [-0.1, -0.05) is 12.8 Å². The SMILES string of the molecule is CC(C(=O)NC1CCCC1)N1CCN(CC(=O)O)CC1. The molecule has 1 saturated carbocycles. The fourth-order valence-electron chi connectivity index (χ4n) is 3.06. The lowest BCUT2D eigenvalue weighted by molar-refractivity contribution is -0.139. The predicted molar refractivity (Wildman–Crippen MR) is 75.5 cm³/mol. The molecule has 1 saturated heterocycles. The van der Waals surface area contributed by atoms with Crippen LogP contribution in [-0.2, 0) is 9.59 Å². The van der Waals surface area contributed by atoms with Crippen molar-refractivity contribution in [3.05, 3.63) is 0 Å². The zero-order chi connectivity index (χ0) is 14.5. The number of hydrogen-bond acceptors (Lipinski definition) is 4. The number of nitrogens with one attached hydrogen (secondary N) is 1. The molecule has 2 aliphatic rings. The van der Waals surface area contributed by atoms with Crippen molar-refractivity contribution in [3.63, 3.8) is 0 Å². The maximum atomic E-state index is 12.2. The van der Waals surface area contributed by atoms with E-state index in [-0.39, 0.29) is 18.5 Å². The Kier molecular flexibility index (Phi) is 5.37. The highest BCUT2D eigenvalue weighted by Crippen LogP contribution is 2.18. The van der Waals surface area contributed by atoms with Gasteiger partial charge in [-0.15, -0.1) is 0 Å². The van der Waals surface area contributed by atoms with Crippen molar-refractivity contribution >= 4 is 11.9 Å². The van der Waals surface area contributed by atoms with Crippen LogP contribution in [0, 0.1) is 0 Å². The number of carbonyl (C=O) groups is 2. The zero-order valence-corrected chi connectivity index (χ0v) is 12.2. The first-order chi connectivity index (χ1) is 9.56. The molecule has 20 heavy (non-hydrogen) atoms. The van der Waals surface area contributed by atoms with Crippen molar-refractivity contribution in [2.45, 2.75) is 44.7 Å². The van der Waals surface area contributed by atoms with Gasteiger partial charge in [-0.25, -0.2) is 0 Å². The third-order valence-electron chi connectivity index (χ3n) is 4.39. The lowest BCUT2D eigenvalue weighted by Crippen LogP contribution is -2.55. The van der Waals surface area contributed by atoms with Crippen LogP contribution in [0.4, 0.5) is 0 Å². The molecule has 6 heteroatoms. The van der Waals surface area contributed by atoms with Crippen molar-refractivity contribution in [2.75, 3.05) is 32.7 Å². The number of carbonyl (C=O) groups excluding carboxylic acids is 1. The molecule has 2 N–H and O–H groups in total. The number of nitrogens with zero attached hydrogens (tertiary/aromatic N) is 2. The molecule has 0 radical (unpaired) electrons. The second kappa shape index (κ2) is 7.04. The van der Waals surface area contributed by atoms with Crippen LogP contribution in [0.1, 0.15) is 32.6 Å². The number of carboxylic acids is 1. The van der Waals surface area contributed by atoms with E-state index in [1.54, 1.807) is 0 Å². The second-order valence-electron chi connectivity index (χ2n) is 5.87. The number of rotatable bonds is 5. The summed E-state index contributed by atoms with van der Waals surface area (Å²) in [6.45, 7) is 4.98. The molecule has 0 spiro atoms. The average molecular weight is 283 g/mol. The Labute approximate surface area is 120 Å². The highest BCUT2D eigenvalue weighted by molar-refractivity contribution is 5.81. The van der Waals surface area contributed by atoms with Gasteiger partial charge in [0.1, 0.15) is 0 Å². The summed E-state index contributed by atoms with van der Waals surface area (Å²) in [6, 6.07) is 0.237. The van der Waals surface area contributed by atoms with E-state index >= 15 is 0 Å². The summed E-state index contributed by atoms with van der Waals surface area (Å²) in [5, 5.41) is 11.9. The van der Waals surface area contributed by atoms with Crippen molar-refractivity contribution in [1.82, 2.24) is 15.1 Å². The fourth-order valence-corrected chi connectivity index (χ4v) is 3.06. The molecule has 1 unspecified atom stereocenters. The van der Waals surface area contributed by atoms with Crippen molar-refractivity contribution < 1.29 is 14.7 Å². The maximum absolute atomic E-state index is 12.2. The quantitative estimate of drug-likeness (QED) is 0.750. The van der Waals surface area contributed by atoms with Gasteiger partial charge in [-0.3, -0.25) is 19.4 Å². The minimum absolute atomic E-state index is 0.0937. The first-order valence-corrected chi connectivity index (χ1v) is 7.55. The molecule has 6 nitrogen and oxygen atoms in total. The fraction of sp³-hybridized carbons (Fsp3) is 0.857. The van der Waals surface area contributed by atoms with Gasteiger partial charge < -0.3 is 10.4 Å². The molecular formula is C14H25N3O3. The van der Waals surface area contributed by atoms with Gasteiger partial charge in [0.05, 0.1) is 12.6 Å². The van der Waals surface area contributed by atoms with Gasteiger partial charge in [0.25, 0.3) is 0 Å². The van der Waals surface area contributed by atoms with Crippen LogP contribution in [0.15, 0.2) is 0 Å². The van der Waals surface area contributed by atoms with E-state index in [9.17, 15) is 9.59 Å². The van der Waals surface area contributed by atoms with Crippen LogP contribution in [0.2, 0.25) is 0 Å². The molecule has 0 aromatic carbocycles. The molecule has 0 bridgehead atoms. The van der Waals surface area contributed by atoms with E-state index in [4.69, 9.17) is 5.11 Å². The molecular weight excluding hydrogens is 258 g/mol. The number of amides is 1. The van der Waals surface area contributed by atoms with Gasteiger partial charge in [0, 0.05) is 32.2 Å². The smallest absolute Gasteiger partial charge is 0.317 e. The highest BCUT2D eigenvalue weighted by atomic mass is 16.4. The molecule has 1 amide bonds. The van der Waals surface area contributed by atoms with Crippen LogP contribution in [0.3, 0.4) is 0 Å². The number of carboxylic acid groups (broad SMARTS) is 1. The third-order valence-corrected chi connectivity index (χ3v) is 4.39. The predicted octanol–water partition coefficient (Wildman–Crippen LogP) is 0.136. The summed E-state index contributed by atoms with van der Waals surface area (Å²) in [5.74, 6) is -0.672. The number of piperazine rings is 1. The molecule has 0 aromatic heterocycles. The minimum Gasteiger partial charge on any atom is -0.480 e. The van der Waals surface area contributed by atoms with Crippen molar-refractivity contribution in [1.29, 1.82) is 0 Å². The van der Waals surface area contributed by atoms with E-state index in [2.05, 4.69) is 10.2 Å². The van der Waals surface area contributed by atoms with Crippen LogP contribution in [-0.4, -0.2) is 71.6 Å². The maximum Gasteiger partial charge on any atom is 0.317 e. The first-order valence-electron chi connectivity index (χ1n) is 7.55. The van der Waals surface area contributed by atoms with Crippen LogP contribution >= 0.6 is 0 Å². The molecule has 1 atom stereocenters. The van der Waals surface area contributed by atoms with Gasteiger partial charge in [-0.2, -0.15) is 0 Å². The summed E-state index contributed by atoms with van der Waals surface area (Å²) < 4.78 is 0. The molecule has 0 aromatic rings. The monoisotopic (exact) mass is 283 g/mol. The average Bonchev–Trinajstić information content (AvgIpc) is 2.91. The summed E-state index contributed by atoms with van der Waals surface area (Å²) in [6.07, 6.45) is 4.63.